The maximum Gasteiger partial charge on any atom is 0.264 e. The third kappa shape index (κ3) is 5.31. The second-order valence-corrected chi connectivity index (χ2v) is 11.0. The van der Waals surface area contributed by atoms with E-state index in [0.717, 1.165) is 17.7 Å². The highest BCUT2D eigenvalue weighted by atomic mass is 35.5. The summed E-state index contributed by atoms with van der Waals surface area (Å²) in [4.78, 5) is -0.138. The highest BCUT2D eigenvalue weighted by Gasteiger charge is 2.41. The first-order valence-electron chi connectivity index (χ1n) is 12.0. The van der Waals surface area contributed by atoms with Gasteiger partial charge in [-0.05, 0) is 56.2 Å². The van der Waals surface area contributed by atoms with E-state index in [1.165, 1.54) is 29.6 Å². The van der Waals surface area contributed by atoms with Crippen molar-refractivity contribution in [2.45, 2.75) is 37.8 Å². The van der Waals surface area contributed by atoms with Crippen molar-refractivity contribution in [3.63, 3.8) is 0 Å². The number of anilines is 1. The van der Waals surface area contributed by atoms with Crippen molar-refractivity contribution in [1.29, 1.82) is 0 Å². The van der Waals surface area contributed by atoms with Crippen LogP contribution in [0.15, 0.2) is 71.8 Å². The van der Waals surface area contributed by atoms with Crippen LogP contribution in [0.2, 0.25) is 5.02 Å². The van der Waals surface area contributed by atoms with E-state index in [2.05, 4.69) is 6.58 Å². The van der Waals surface area contributed by atoms with E-state index in [1.54, 1.807) is 31.2 Å². The number of ether oxygens (including phenoxy) is 3. The molecule has 0 saturated carbocycles. The van der Waals surface area contributed by atoms with Crippen molar-refractivity contribution in [3.8, 4) is 11.5 Å². The van der Waals surface area contributed by atoms with Gasteiger partial charge in [0.05, 0.1) is 41.1 Å². The molecule has 6 nitrogen and oxygen atoms in total. The average molecular weight is 564 g/mol. The van der Waals surface area contributed by atoms with Crippen LogP contribution in [0, 0.1) is 17.6 Å². The van der Waals surface area contributed by atoms with E-state index < -0.39 is 27.7 Å². The summed E-state index contributed by atoms with van der Waals surface area (Å²) < 4.78 is 74.1. The van der Waals surface area contributed by atoms with Gasteiger partial charge in [0.1, 0.15) is 18.2 Å². The first-order valence-corrected chi connectivity index (χ1v) is 13.8. The van der Waals surface area contributed by atoms with Gasteiger partial charge in [-0.25, -0.2) is 17.2 Å². The summed E-state index contributed by atoms with van der Waals surface area (Å²) >= 11 is 6.12. The second kappa shape index (κ2) is 11.2. The standard InChI is InChI=1S/C28H28ClF2NO5S/c1-5-36-18(3)22-13-19-9-10-20(37-16-23-24(29)7-6-8-25(23)30)14-27(19)32(17(22)2)38(33,34)21-11-12-26(31)28(15-21)35-4/h6-12,14-15,17,22H,3,5,13,16H2,1-2,4H3/t17-,22-/m1/s1. The average Bonchev–Trinajstić information content (AvgIpc) is 2.88. The Balaban J connectivity index is 1.78. The Kier molecular flexibility index (Phi) is 8.18. The van der Waals surface area contributed by atoms with Crippen LogP contribution in [0.1, 0.15) is 25.0 Å². The highest BCUT2D eigenvalue weighted by molar-refractivity contribution is 7.92. The fraction of sp³-hybridized carbons (Fsp3) is 0.286. The number of hydrogen-bond donors (Lipinski definition) is 0. The Bertz CT molecular complexity index is 1440. The molecule has 0 bridgehead atoms. The second-order valence-electron chi connectivity index (χ2n) is 8.83. The number of fused-ring (bicyclic) bond motifs is 1. The van der Waals surface area contributed by atoms with Crippen LogP contribution in [-0.4, -0.2) is 28.2 Å². The van der Waals surface area contributed by atoms with Crippen LogP contribution in [-0.2, 0) is 27.8 Å². The Morgan fingerprint density at radius 2 is 1.89 bits per heavy atom. The normalized spacial score (nSPS) is 17.1. The molecule has 0 spiro atoms. The van der Waals surface area contributed by atoms with Crippen molar-refractivity contribution in [2.24, 2.45) is 5.92 Å². The van der Waals surface area contributed by atoms with Gasteiger partial charge in [-0.2, -0.15) is 0 Å². The van der Waals surface area contributed by atoms with Crippen LogP contribution in [0.4, 0.5) is 14.5 Å². The molecule has 4 rings (SSSR count). The third-order valence-electron chi connectivity index (χ3n) is 6.55. The minimum Gasteiger partial charge on any atom is -0.498 e. The fourth-order valence-electron chi connectivity index (χ4n) is 4.57. The van der Waals surface area contributed by atoms with Gasteiger partial charge in [0.15, 0.2) is 11.6 Å². The van der Waals surface area contributed by atoms with Crippen LogP contribution in [0.5, 0.6) is 11.5 Å². The molecular weight excluding hydrogens is 536 g/mol. The maximum atomic E-state index is 14.2. The SMILES string of the molecule is C=C(OCC)[C@@H]1Cc2ccc(OCc3c(F)cccc3Cl)cc2N(S(=O)(=O)c2ccc(F)c(OC)c2)[C@@H]1C. The number of benzene rings is 3. The van der Waals surface area contributed by atoms with E-state index in [1.807, 2.05) is 6.92 Å². The summed E-state index contributed by atoms with van der Waals surface area (Å²) in [6, 6.07) is 12.2. The molecule has 0 saturated heterocycles. The van der Waals surface area contributed by atoms with E-state index >= 15 is 0 Å². The lowest BCUT2D eigenvalue weighted by Gasteiger charge is -2.41. The van der Waals surface area contributed by atoms with Crippen LogP contribution in [0.25, 0.3) is 0 Å². The molecule has 0 unspecified atom stereocenters. The monoisotopic (exact) mass is 563 g/mol. The lowest BCUT2D eigenvalue weighted by Crippen LogP contribution is -2.47. The van der Waals surface area contributed by atoms with E-state index in [0.29, 0.717) is 30.2 Å². The Hall–Kier alpha value is -3.30. The van der Waals surface area contributed by atoms with Gasteiger partial charge in [0.25, 0.3) is 10.0 Å². The van der Waals surface area contributed by atoms with Crippen molar-refractivity contribution in [3.05, 3.63) is 94.7 Å². The lowest BCUT2D eigenvalue weighted by atomic mass is 9.87. The molecule has 202 valence electrons. The minimum atomic E-state index is -4.20. The summed E-state index contributed by atoms with van der Waals surface area (Å²) in [6.07, 6.45) is 0.480. The van der Waals surface area contributed by atoms with Crippen molar-refractivity contribution < 1.29 is 31.4 Å². The van der Waals surface area contributed by atoms with Gasteiger partial charge in [-0.1, -0.05) is 30.3 Å². The zero-order chi connectivity index (χ0) is 27.6. The van der Waals surface area contributed by atoms with Crippen molar-refractivity contribution >= 4 is 27.3 Å². The molecule has 10 heteroatoms. The van der Waals surface area contributed by atoms with E-state index in [4.69, 9.17) is 25.8 Å². The smallest absolute Gasteiger partial charge is 0.264 e. The summed E-state index contributed by atoms with van der Waals surface area (Å²) in [6.45, 7) is 7.87. The third-order valence-corrected chi connectivity index (χ3v) is 8.80. The summed E-state index contributed by atoms with van der Waals surface area (Å²) in [5.74, 6) is -0.917. The van der Waals surface area contributed by atoms with Gasteiger partial charge < -0.3 is 14.2 Å². The van der Waals surface area contributed by atoms with Gasteiger partial charge in [0.2, 0.25) is 0 Å². The zero-order valence-corrected chi connectivity index (χ0v) is 22.8. The summed E-state index contributed by atoms with van der Waals surface area (Å²) in [7, 11) is -2.93. The van der Waals surface area contributed by atoms with Gasteiger partial charge in [-0.15, -0.1) is 0 Å². The van der Waals surface area contributed by atoms with Crippen LogP contribution >= 0.6 is 11.6 Å². The molecule has 1 heterocycles. The van der Waals surface area contributed by atoms with Gasteiger partial charge in [0, 0.05) is 23.6 Å². The Morgan fingerprint density at radius 1 is 1.13 bits per heavy atom. The number of rotatable bonds is 9. The highest BCUT2D eigenvalue weighted by Crippen LogP contribution is 2.42. The topological polar surface area (TPSA) is 65.1 Å². The quantitative estimate of drug-likeness (QED) is 0.278. The number of halogens is 3. The molecule has 38 heavy (non-hydrogen) atoms. The molecule has 3 aromatic carbocycles. The molecule has 0 amide bonds. The Labute approximate surface area is 226 Å². The number of nitrogens with zero attached hydrogens (tertiary/aromatic N) is 1. The molecular formula is C28H28ClF2NO5S. The van der Waals surface area contributed by atoms with E-state index in [-0.39, 0.29) is 33.8 Å². The molecule has 0 N–H and O–H groups in total. The summed E-state index contributed by atoms with van der Waals surface area (Å²) in [5, 5.41) is 0.225. The predicted octanol–water partition coefficient (Wildman–Crippen LogP) is 6.51. The van der Waals surface area contributed by atoms with Gasteiger partial charge in [-0.3, -0.25) is 4.31 Å². The number of methoxy groups -OCH3 is 1. The molecule has 0 fully saturated rings. The lowest BCUT2D eigenvalue weighted by molar-refractivity contribution is 0.181. The van der Waals surface area contributed by atoms with Crippen molar-refractivity contribution in [2.75, 3.05) is 18.0 Å². The molecule has 1 aliphatic heterocycles. The molecule has 0 aromatic heterocycles. The number of sulfonamides is 1. The predicted molar refractivity (Wildman–Crippen MR) is 142 cm³/mol. The van der Waals surface area contributed by atoms with Gasteiger partial charge >= 0.3 is 0 Å². The fourth-order valence-corrected chi connectivity index (χ4v) is 6.52. The molecule has 0 radical (unpaired) electrons. The molecule has 3 aromatic rings. The maximum absolute atomic E-state index is 14.2. The minimum absolute atomic E-state index is 0.138. The van der Waals surface area contributed by atoms with Crippen molar-refractivity contribution in [1.82, 2.24) is 0 Å². The molecule has 1 aliphatic rings. The molecule has 2 atom stereocenters. The molecule has 0 aliphatic carbocycles. The first-order chi connectivity index (χ1) is 18.1. The number of hydrogen-bond acceptors (Lipinski definition) is 5. The zero-order valence-electron chi connectivity index (χ0n) is 21.2. The first kappa shape index (κ1) is 27.7. The van der Waals surface area contributed by atoms with Crippen LogP contribution in [0.3, 0.4) is 0 Å². The summed E-state index contributed by atoms with van der Waals surface area (Å²) in [5.41, 5.74) is 1.30. The Morgan fingerprint density at radius 3 is 2.58 bits per heavy atom. The van der Waals surface area contributed by atoms with E-state index in [9.17, 15) is 17.2 Å². The largest absolute Gasteiger partial charge is 0.498 e. The van der Waals surface area contributed by atoms with Crippen LogP contribution < -0.4 is 13.8 Å².